The van der Waals surface area contributed by atoms with E-state index in [1.54, 1.807) is 0 Å². The first-order valence-corrected chi connectivity index (χ1v) is 6.92. The average Bonchev–Trinajstić information content (AvgIpc) is 2.63. The fraction of sp³-hybridized carbons (Fsp3) is 0.533. The highest BCUT2D eigenvalue weighted by Gasteiger charge is 2.29. The second-order valence-electron chi connectivity index (χ2n) is 6.01. The normalized spacial score (nSPS) is 30.2. The first kappa shape index (κ1) is 12.5. The fourth-order valence-corrected chi connectivity index (χ4v) is 3.30. The Labute approximate surface area is 113 Å². The van der Waals surface area contributed by atoms with Gasteiger partial charge in [0.15, 0.2) is 6.10 Å². The fourth-order valence-electron chi connectivity index (χ4n) is 3.30. The molecule has 1 amide bonds. The summed E-state index contributed by atoms with van der Waals surface area (Å²) in [5.74, 6) is 1.06. The summed E-state index contributed by atoms with van der Waals surface area (Å²) >= 11 is 0. The number of nitrogens with zero attached hydrogens (tertiary/aromatic N) is 1. The van der Waals surface area contributed by atoms with Gasteiger partial charge in [0.2, 0.25) is 0 Å². The van der Waals surface area contributed by atoms with Crippen LogP contribution in [0.3, 0.4) is 0 Å². The average molecular weight is 260 g/mol. The molecule has 102 valence electrons. The van der Waals surface area contributed by atoms with Gasteiger partial charge in [-0.2, -0.15) is 0 Å². The topological polar surface area (TPSA) is 52.6 Å². The van der Waals surface area contributed by atoms with E-state index in [1.807, 2.05) is 18.2 Å². The molecule has 2 N–H and O–H groups in total. The molecule has 0 radical (unpaired) electrons. The summed E-state index contributed by atoms with van der Waals surface area (Å²) in [6.45, 7) is 6.67. The molecule has 0 bridgehead atoms. The van der Waals surface area contributed by atoms with Gasteiger partial charge in [0.25, 0.3) is 5.91 Å². The van der Waals surface area contributed by atoms with Crippen LogP contribution in [0.1, 0.15) is 31.9 Å². The zero-order chi connectivity index (χ0) is 13.6. The van der Waals surface area contributed by atoms with E-state index in [0.717, 1.165) is 24.5 Å². The largest absolute Gasteiger partial charge is 0.378 e. The molecule has 1 aromatic rings. The Morgan fingerprint density at radius 3 is 2.63 bits per heavy atom. The molecule has 4 nitrogen and oxygen atoms in total. The Morgan fingerprint density at radius 2 is 1.95 bits per heavy atom. The second-order valence-corrected chi connectivity index (χ2v) is 6.01. The standard InChI is InChI=1S/C15H20N2O2/c1-9-5-10(2)8-17(7-9)11-3-4-12-13(6-11)16-15(19)14(12)18/h3-4,6,9-10,14,18H,5,7-8H2,1-2H3,(H,16,19). The minimum atomic E-state index is -1.01. The number of aliphatic hydroxyl groups excluding tert-OH is 1. The molecule has 3 atom stereocenters. The molecule has 1 aromatic carbocycles. The van der Waals surface area contributed by atoms with Crippen molar-refractivity contribution in [2.45, 2.75) is 26.4 Å². The predicted octanol–water partition coefficient (Wildman–Crippen LogP) is 2.15. The van der Waals surface area contributed by atoms with E-state index in [2.05, 4.69) is 24.1 Å². The highest BCUT2D eigenvalue weighted by molar-refractivity contribution is 6.02. The third-order valence-corrected chi connectivity index (χ3v) is 4.07. The van der Waals surface area contributed by atoms with Gasteiger partial charge in [-0.15, -0.1) is 0 Å². The number of hydrogen-bond acceptors (Lipinski definition) is 3. The number of benzene rings is 1. The summed E-state index contributed by atoms with van der Waals surface area (Å²) in [5.41, 5.74) is 2.57. The van der Waals surface area contributed by atoms with Gasteiger partial charge in [-0.1, -0.05) is 19.9 Å². The highest BCUT2D eigenvalue weighted by Crippen LogP contribution is 2.35. The van der Waals surface area contributed by atoms with Gasteiger partial charge in [-0.3, -0.25) is 4.79 Å². The van der Waals surface area contributed by atoms with Crippen LogP contribution in [0.4, 0.5) is 11.4 Å². The van der Waals surface area contributed by atoms with E-state index in [-0.39, 0.29) is 5.91 Å². The number of amides is 1. The molecule has 0 spiro atoms. The molecule has 1 saturated heterocycles. The summed E-state index contributed by atoms with van der Waals surface area (Å²) in [7, 11) is 0. The predicted molar refractivity (Wildman–Crippen MR) is 75.2 cm³/mol. The summed E-state index contributed by atoms with van der Waals surface area (Å²) in [6.07, 6.45) is 0.264. The van der Waals surface area contributed by atoms with Crippen molar-refractivity contribution in [1.29, 1.82) is 0 Å². The van der Waals surface area contributed by atoms with Gasteiger partial charge in [0, 0.05) is 30.0 Å². The maximum Gasteiger partial charge on any atom is 0.257 e. The molecule has 0 saturated carbocycles. The Hall–Kier alpha value is -1.55. The molecular weight excluding hydrogens is 240 g/mol. The molecule has 2 aliphatic rings. The summed E-state index contributed by atoms with van der Waals surface area (Å²) < 4.78 is 0. The van der Waals surface area contributed by atoms with Crippen LogP contribution in [0, 0.1) is 11.8 Å². The summed E-state index contributed by atoms with van der Waals surface area (Å²) in [5, 5.41) is 12.4. The molecule has 0 aromatic heterocycles. The van der Waals surface area contributed by atoms with E-state index in [0.29, 0.717) is 17.4 Å². The number of carbonyl (C=O) groups is 1. The number of anilines is 2. The number of aliphatic hydroxyl groups is 1. The zero-order valence-electron chi connectivity index (χ0n) is 11.4. The highest BCUT2D eigenvalue weighted by atomic mass is 16.3. The lowest BCUT2D eigenvalue weighted by atomic mass is 9.91. The quantitative estimate of drug-likeness (QED) is 0.813. The number of nitrogens with one attached hydrogen (secondary N) is 1. The lowest BCUT2D eigenvalue weighted by molar-refractivity contribution is -0.123. The van der Waals surface area contributed by atoms with E-state index < -0.39 is 6.10 Å². The van der Waals surface area contributed by atoms with E-state index in [4.69, 9.17) is 0 Å². The van der Waals surface area contributed by atoms with Crippen LogP contribution in [0.25, 0.3) is 0 Å². The van der Waals surface area contributed by atoms with Crippen molar-refractivity contribution in [1.82, 2.24) is 0 Å². The number of rotatable bonds is 1. The molecule has 19 heavy (non-hydrogen) atoms. The molecule has 2 aliphatic heterocycles. The van der Waals surface area contributed by atoms with Gasteiger partial charge in [-0.25, -0.2) is 0 Å². The zero-order valence-corrected chi connectivity index (χ0v) is 11.4. The van der Waals surface area contributed by atoms with Crippen LogP contribution in [0.15, 0.2) is 18.2 Å². The molecule has 4 heteroatoms. The molecule has 1 fully saturated rings. The van der Waals surface area contributed by atoms with Crippen molar-refractivity contribution in [3.8, 4) is 0 Å². The van der Waals surface area contributed by atoms with Crippen LogP contribution in [0.5, 0.6) is 0 Å². The molecule has 3 unspecified atom stereocenters. The van der Waals surface area contributed by atoms with Gasteiger partial charge in [-0.05, 0) is 30.4 Å². The second kappa shape index (κ2) is 4.53. The van der Waals surface area contributed by atoms with Crippen LogP contribution >= 0.6 is 0 Å². The monoisotopic (exact) mass is 260 g/mol. The van der Waals surface area contributed by atoms with Gasteiger partial charge in [0.05, 0.1) is 0 Å². The Kier molecular flexibility index (Phi) is 2.97. The van der Waals surface area contributed by atoms with Crippen molar-refractivity contribution in [3.05, 3.63) is 23.8 Å². The lowest BCUT2D eigenvalue weighted by Crippen LogP contribution is -2.38. The van der Waals surface area contributed by atoms with Gasteiger partial charge < -0.3 is 15.3 Å². The SMILES string of the molecule is CC1CC(C)CN(c2ccc3c(c2)NC(=O)C3O)C1. The number of piperidine rings is 1. The van der Waals surface area contributed by atoms with Gasteiger partial charge in [0.1, 0.15) is 0 Å². The van der Waals surface area contributed by atoms with Crippen LogP contribution in [0.2, 0.25) is 0 Å². The third-order valence-electron chi connectivity index (χ3n) is 4.07. The Balaban J connectivity index is 1.87. The first-order valence-electron chi connectivity index (χ1n) is 6.92. The van der Waals surface area contributed by atoms with E-state index in [9.17, 15) is 9.90 Å². The van der Waals surface area contributed by atoms with E-state index >= 15 is 0 Å². The van der Waals surface area contributed by atoms with Crippen molar-refractivity contribution < 1.29 is 9.90 Å². The van der Waals surface area contributed by atoms with E-state index in [1.165, 1.54) is 6.42 Å². The Bertz CT molecular complexity index is 505. The Morgan fingerprint density at radius 1 is 1.26 bits per heavy atom. The van der Waals surface area contributed by atoms with Crippen LogP contribution in [-0.2, 0) is 4.79 Å². The minimum absolute atomic E-state index is 0.326. The first-order chi connectivity index (χ1) is 9.04. The van der Waals surface area contributed by atoms with Crippen molar-refractivity contribution in [2.75, 3.05) is 23.3 Å². The van der Waals surface area contributed by atoms with Crippen molar-refractivity contribution >= 4 is 17.3 Å². The number of hydrogen-bond donors (Lipinski definition) is 2. The lowest BCUT2D eigenvalue weighted by Gasteiger charge is -2.36. The van der Waals surface area contributed by atoms with Crippen molar-refractivity contribution in [2.24, 2.45) is 11.8 Å². The summed E-state index contributed by atoms with van der Waals surface area (Å²) in [4.78, 5) is 13.8. The summed E-state index contributed by atoms with van der Waals surface area (Å²) in [6, 6.07) is 5.85. The molecule has 2 heterocycles. The maximum atomic E-state index is 11.4. The molecule has 3 rings (SSSR count). The number of carbonyl (C=O) groups excluding carboxylic acids is 1. The smallest absolute Gasteiger partial charge is 0.257 e. The van der Waals surface area contributed by atoms with Crippen LogP contribution < -0.4 is 10.2 Å². The minimum Gasteiger partial charge on any atom is -0.378 e. The van der Waals surface area contributed by atoms with Crippen LogP contribution in [-0.4, -0.2) is 24.1 Å². The maximum absolute atomic E-state index is 11.4. The number of fused-ring (bicyclic) bond motifs is 1. The van der Waals surface area contributed by atoms with Crippen molar-refractivity contribution in [3.63, 3.8) is 0 Å². The molecular formula is C15H20N2O2. The van der Waals surface area contributed by atoms with Gasteiger partial charge >= 0.3 is 0 Å². The third kappa shape index (κ3) is 2.21. The molecule has 0 aliphatic carbocycles.